The molecule has 0 saturated carbocycles. The maximum Gasteiger partial charge on any atom is 0.437 e. The van der Waals surface area contributed by atoms with E-state index >= 15 is 0 Å². The van der Waals surface area contributed by atoms with Gasteiger partial charge in [-0.05, 0) is 32.9 Å². The van der Waals surface area contributed by atoms with Gasteiger partial charge in [0.1, 0.15) is 22.4 Å². The quantitative estimate of drug-likeness (QED) is 0.754. The first-order valence-electron chi connectivity index (χ1n) is 5.14. The molecule has 6 heteroatoms. The highest BCUT2D eigenvalue weighted by atomic mass is 16.6. The van der Waals surface area contributed by atoms with Crippen molar-refractivity contribution >= 4 is 17.1 Å². The van der Waals surface area contributed by atoms with Crippen LogP contribution >= 0.6 is 0 Å². The van der Waals surface area contributed by atoms with Crippen LogP contribution in [0.15, 0.2) is 18.2 Å². The second-order valence-electron chi connectivity index (χ2n) is 4.65. The standard InChI is InChI=1S/C11H13N3O3/c1-11(2,3)17-10(16)14-9-6-7(15)4-5-8(9)12-13-14/h4-6,15H,1-3H3. The molecule has 1 aromatic carbocycles. The second kappa shape index (κ2) is 3.73. The fourth-order valence-electron chi connectivity index (χ4n) is 1.35. The van der Waals surface area contributed by atoms with Crippen LogP contribution in [-0.4, -0.2) is 31.8 Å². The number of ether oxygens (including phenoxy) is 1. The average Bonchev–Trinajstić information content (AvgIpc) is 2.57. The predicted molar refractivity (Wildman–Crippen MR) is 60.8 cm³/mol. The van der Waals surface area contributed by atoms with E-state index in [9.17, 15) is 9.90 Å². The molecule has 1 aromatic heterocycles. The summed E-state index contributed by atoms with van der Waals surface area (Å²) >= 11 is 0. The Hall–Kier alpha value is -2.11. The molecule has 0 spiro atoms. The largest absolute Gasteiger partial charge is 0.508 e. The van der Waals surface area contributed by atoms with E-state index in [2.05, 4.69) is 10.3 Å². The molecular weight excluding hydrogens is 222 g/mol. The molecule has 0 bridgehead atoms. The number of carbonyl (C=O) groups excluding carboxylic acids is 1. The van der Waals surface area contributed by atoms with Gasteiger partial charge in [0.25, 0.3) is 0 Å². The zero-order valence-electron chi connectivity index (χ0n) is 9.84. The number of rotatable bonds is 0. The summed E-state index contributed by atoms with van der Waals surface area (Å²) in [6.07, 6.45) is -0.620. The smallest absolute Gasteiger partial charge is 0.437 e. The van der Waals surface area contributed by atoms with Gasteiger partial charge in [-0.15, -0.1) is 9.78 Å². The van der Waals surface area contributed by atoms with Crippen LogP contribution < -0.4 is 0 Å². The molecule has 0 aliphatic carbocycles. The molecule has 1 heterocycles. The van der Waals surface area contributed by atoms with Crippen LogP contribution in [0.4, 0.5) is 4.79 Å². The molecule has 1 N–H and O–H groups in total. The lowest BCUT2D eigenvalue weighted by molar-refractivity contribution is 0.0519. The summed E-state index contributed by atoms with van der Waals surface area (Å²) in [5.74, 6) is 0.0459. The lowest BCUT2D eigenvalue weighted by atomic mass is 10.2. The molecule has 0 aliphatic heterocycles. The van der Waals surface area contributed by atoms with E-state index in [4.69, 9.17) is 4.74 Å². The first kappa shape index (κ1) is 11.4. The summed E-state index contributed by atoms with van der Waals surface area (Å²) in [7, 11) is 0. The van der Waals surface area contributed by atoms with Gasteiger partial charge in [-0.1, -0.05) is 5.21 Å². The zero-order chi connectivity index (χ0) is 12.6. The minimum Gasteiger partial charge on any atom is -0.508 e. The van der Waals surface area contributed by atoms with Gasteiger partial charge < -0.3 is 9.84 Å². The van der Waals surface area contributed by atoms with E-state index in [1.54, 1.807) is 26.8 Å². The summed E-state index contributed by atoms with van der Waals surface area (Å²) in [5.41, 5.74) is 0.333. The van der Waals surface area contributed by atoms with Crippen LogP contribution in [0.1, 0.15) is 20.8 Å². The number of benzene rings is 1. The van der Waals surface area contributed by atoms with Gasteiger partial charge in [-0.2, -0.15) is 0 Å². The van der Waals surface area contributed by atoms with Crippen molar-refractivity contribution in [3.63, 3.8) is 0 Å². The van der Waals surface area contributed by atoms with E-state index in [0.29, 0.717) is 11.0 Å². The van der Waals surface area contributed by atoms with Gasteiger partial charge in [-0.25, -0.2) is 4.79 Å². The number of aromatic nitrogens is 3. The normalized spacial score (nSPS) is 11.7. The maximum absolute atomic E-state index is 11.8. The number of aromatic hydroxyl groups is 1. The predicted octanol–water partition coefficient (Wildman–Crippen LogP) is 1.92. The number of fused-ring (bicyclic) bond motifs is 1. The van der Waals surface area contributed by atoms with Gasteiger partial charge in [0.2, 0.25) is 0 Å². The topological polar surface area (TPSA) is 77.2 Å². The summed E-state index contributed by atoms with van der Waals surface area (Å²) in [4.78, 5) is 11.8. The molecule has 0 unspecified atom stereocenters. The van der Waals surface area contributed by atoms with Crippen molar-refractivity contribution < 1.29 is 14.6 Å². The van der Waals surface area contributed by atoms with Crippen molar-refractivity contribution in [3.05, 3.63) is 18.2 Å². The molecule has 0 atom stereocenters. The molecule has 0 fully saturated rings. The Balaban J connectivity index is 2.42. The Bertz CT molecular complexity index is 569. The number of phenols is 1. The minimum atomic E-state index is -0.620. The van der Waals surface area contributed by atoms with Gasteiger partial charge in [0.05, 0.1) is 0 Å². The molecule has 0 aliphatic rings. The molecule has 0 amide bonds. The van der Waals surface area contributed by atoms with Crippen molar-refractivity contribution in [1.82, 2.24) is 15.0 Å². The molecule has 90 valence electrons. The molecule has 2 aromatic rings. The van der Waals surface area contributed by atoms with Crippen LogP contribution in [0.5, 0.6) is 5.75 Å². The van der Waals surface area contributed by atoms with Crippen LogP contribution in [0.3, 0.4) is 0 Å². The number of hydrogen-bond donors (Lipinski definition) is 1. The van der Waals surface area contributed by atoms with Gasteiger partial charge >= 0.3 is 6.09 Å². The molecular formula is C11H13N3O3. The second-order valence-corrected chi connectivity index (χ2v) is 4.65. The molecule has 17 heavy (non-hydrogen) atoms. The van der Waals surface area contributed by atoms with Crippen molar-refractivity contribution in [2.45, 2.75) is 26.4 Å². The highest BCUT2D eigenvalue weighted by Gasteiger charge is 2.20. The number of carbonyl (C=O) groups is 1. The van der Waals surface area contributed by atoms with Crippen LogP contribution in [-0.2, 0) is 4.74 Å². The van der Waals surface area contributed by atoms with Crippen LogP contribution in [0.25, 0.3) is 11.0 Å². The Morgan fingerprint density at radius 2 is 2.12 bits per heavy atom. The molecule has 0 saturated heterocycles. The summed E-state index contributed by atoms with van der Waals surface area (Å²) in [5, 5.41) is 16.9. The maximum atomic E-state index is 11.8. The van der Waals surface area contributed by atoms with Crippen molar-refractivity contribution in [2.75, 3.05) is 0 Å². The van der Waals surface area contributed by atoms with E-state index in [1.807, 2.05) is 0 Å². The fourth-order valence-corrected chi connectivity index (χ4v) is 1.35. The van der Waals surface area contributed by atoms with E-state index < -0.39 is 11.7 Å². The molecule has 6 nitrogen and oxygen atoms in total. The highest BCUT2D eigenvalue weighted by molar-refractivity contribution is 5.85. The van der Waals surface area contributed by atoms with Crippen molar-refractivity contribution in [1.29, 1.82) is 0 Å². The zero-order valence-corrected chi connectivity index (χ0v) is 9.84. The lowest BCUT2D eigenvalue weighted by Crippen LogP contribution is -2.27. The third-order valence-corrected chi connectivity index (χ3v) is 2.00. The van der Waals surface area contributed by atoms with Crippen molar-refractivity contribution in [3.8, 4) is 5.75 Å². The Morgan fingerprint density at radius 3 is 2.76 bits per heavy atom. The monoisotopic (exact) mass is 235 g/mol. The highest BCUT2D eigenvalue weighted by Crippen LogP contribution is 2.18. The molecule has 2 rings (SSSR count). The first-order valence-corrected chi connectivity index (χ1v) is 5.14. The number of phenolic OH excluding ortho intramolecular Hbond substituents is 1. The van der Waals surface area contributed by atoms with Gasteiger partial charge in [0.15, 0.2) is 0 Å². The Kier molecular flexibility index (Phi) is 2.49. The van der Waals surface area contributed by atoms with E-state index in [1.165, 1.54) is 12.1 Å². The van der Waals surface area contributed by atoms with Gasteiger partial charge in [0, 0.05) is 6.07 Å². The lowest BCUT2D eigenvalue weighted by Gasteiger charge is -2.18. The van der Waals surface area contributed by atoms with E-state index in [-0.39, 0.29) is 5.75 Å². The number of nitrogens with zero attached hydrogens (tertiary/aromatic N) is 3. The third-order valence-electron chi connectivity index (χ3n) is 2.00. The van der Waals surface area contributed by atoms with Crippen LogP contribution in [0.2, 0.25) is 0 Å². The van der Waals surface area contributed by atoms with Crippen molar-refractivity contribution in [2.24, 2.45) is 0 Å². The summed E-state index contributed by atoms with van der Waals surface area (Å²) in [6.45, 7) is 5.30. The Labute approximate surface area is 97.8 Å². The fraction of sp³-hybridized carbons (Fsp3) is 0.364. The van der Waals surface area contributed by atoms with E-state index in [0.717, 1.165) is 4.68 Å². The average molecular weight is 235 g/mol. The number of hydrogen-bond acceptors (Lipinski definition) is 5. The first-order chi connectivity index (χ1) is 7.87. The summed E-state index contributed by atoms with van der Waals surface area (Å²) in [6, 6.07) is 4.48. The Morgan fingerprint density at radius 1 is 1.41 bits per heavy atom. The van der Waals surface area contributed by atoms with Crippen LogP contribution in [0, 0.1) is 0 Å². The molecule has 0 radical (unpaired) electrons. The summed E-state index contributed by atoms with van der Waals surface area (Å²) < 4.78 is 6.20. The minimum absolute atomic E-state index is 0.0459. The SMILES string of the molecule is CC(C)(C)OC(=O)n1nnc2ccc(O)cc21. The third kappa shape index (κ3) is 2.35. The van der Waals surface area contributed by atoms with Gasteiger partial charge in [-0.3, -0.25) is 0 Å².